The van der Waals surface area contributed by atoms with Gasteiger partial charge in [-0.15, -0.1) is 0 Å². The molecule has 2 saturated heterocycles. The summed E-state index contributed by atoms with van der Waals surface area (Å²) in [5.74, 6) is -1.18. The fourth-order valence-corrected chi connectivity index (χ4v) is 5.50. The molecule has 2 bridgehead atoms. The van der Waals surface area contributed by atoms with Gasteiger partial charge in [-0.05, 0) is 49.9 Å². The fourth-order valence-electron chi connectivity index (χ4n) is 3.38. The molecule has 0 saturated carbocycles. The Morgan fingerprint density at radius 1 is 1.00 bits per heavy atom. The van der Waals surface area contributed by atoms with Gasteiger partial charge < -0.3 is 4.74 Å². The molecule has 2 atom stereocenters. The molecule has 0 spiro atoms. The second kappa shape index (κ2) is 6.34. The first-order valence-corrected chi connectivity index (χ1v) is 9.03. The topological polar surface area (TPSA) is 43.4 Å². The zero-order valence-corrected chi connectivity index (χ0v) is 13.7. The van der Waals surface area contributed by atoms with Crippen LogP contribution in [0.1, 0.15) is 36.0 Å². The summed E-state index contributed by atoms with van der Waals surface area (Å²) in [5, 5.41) is 0.0292. The number of benzene rings is 1. The number of carbonyl (C=O) groups excluding carboxylic acids is 1. The van der Waals surface area contributed by atoms with Gasteiger partial charge in [0.05, 0.1) is 0 Å². The summed E-state index contributed by atoms with van der Waals surface area (Å²) in [5.41, 5.74) is 0.222. The molecule has 2 unspecified atom stereocenters. The van der Waals surface area contributed by atoms with Crippen LogP contribution in [0.5, 0.6) is 5.75 Å². The Labute approximate surface area is 143 Å². The Morgan fingerprint density at radius 2 is 1.52 bits per heavy atom. The number of hydrogen-bond donors (Lipinski definition) is 0. The molecule has 0 N–H and O–H groups in total. The van der Waals surface area contributed by atoms with Gasteiger partial charge in [0.25, 0.3) is 0 Å². The smallest absolute Gasteiger partial charge is 0.426 e. The standard InChI is InChI=1S/C16H15F5O3S/c17-15(18,19)16(20,21)24-11-3-1-9(2-4-11)14(22)10-7-12-5-6-13(8-10)25(12)23/h1-4,10,12-13H,5-8H2. The number of hydrogen-bond acceptors (Lipinski definition) is 3. The minimum atomic E-state index is -5.82. The molecule has 0 radical (unpaired) electrons. The number of ether oxygens (including phenoxy) is 1. The van der Waals surface area contributed by atoms with Crippen molar-refractivity contribution in [2.75, 3.05) is 0 Å². The molecule has 0 amide bonds. The van der Waals surface area contributed by atoms with Crippen LogP contribution >= 0.6 is 0 Å². The van der Waals surface area contributed by atoms with Crippen LogP contribution in [0.2, 0.25) is 0 Å². The average Bonchev–Trinajstić information content (AvgIpc) is 2.74. The van der Waals surface area contributed by atoms with E-state index in [1.54, 1.807) is 0 Å². The van der Waals surface area contributed by atoms with E-state index in [4.69, 9.17) is 0 Å². The number of alkyl halides is 5. The molecule has 1 aromatic carbocycles. The number of ketones is 1. The molecular formula is C16H15F5O3S. The molecular weight excluding hydrogens is 367 g/mol. The number of rotatable bonds is 4. The van der Waals surface area contributed by atoms with E-state index < -0.39 is 28.8 Å². The van der Waals surface area contributed by atoms with Crippen LogP contribution in [-0.2, 0) is 10.8 Å². The lowest BCUT2D eigenvalue weighted by atomic mass is 9.90. The molecule has 138 valence electrons. The van der Waals surface area contributed by atoms with Crippen molar-refractivity contribution in [1.29, 1.82) is 0 Å². The van der Waals surface area contributed by atoms with E-state index in [1.165, 1.54) is 12.1 Å². The quantitative estimate of drug-likeness (QED) is 0.582. The monoisotopic (exact) mass is 382 g/mol. The lowest BCUT2D eigenvalue weighted by Crippen LogP contribution is -2.41. The Balaban J connectivity index is 1.68. The molecule has 0 aromatic heterocycles. The Bertz CT molecular complexity index is 670. The van der Waals surface area contributed by atoms with Crippen LogP contribution in [0.4, 0.5) is 22.0 Å². The zero-order valence-electron chi connectivity index (χ0n) is 12.9. The van der Waals surface area contributed by atoms with Crippen LogP contribution < -0.4 is 4.74 Å². The highest BCUT2D eigenvalue weighted by Gasteiger charge is 2.61. The summed E-state index contributed by atoms with van der Waals surface area (Å²) in [7, 11) is -0.898. The predicted molar refractivity (Wildman–Crippen MR) is 80.1 cm³/mol. The molecule has 2 aliphatic rings. The third-order valence-corrected chi connectivity index (χ3v) is 6.82. The van der Waals surface area contributed by atoms with Gasteiger partial charge in [0.1, 0.15) is 5.75 Å². The van der Waals surface area contributed by atoms with Crippen LogP contribution in [0.15, 0.2) is 24.3 Å². The molecule has 2 fully saturated rings. The summed E-state index contributed by atoms with van der Waals surface area (Å²) in [4.78, 5) is 12.5. The van der Waals surface area contributed by atoms with E-state index in [0.717, 1.165) is 25.0 Å². The lowest BCUT2D eigenvalue weighted by molar-refractivity contribution is -0.360. The van der Waals surface area contributed by atoms with E-state index in [0.29, 0.717) is 12.8 Å². The van der Waals surface area contributed by atoms with Gasteiger partial charge in [0, 0.05) is 32.8 Å². The van der Waals surface area contributed by atoms with Crippen LogP contribution in [0.3, 0.4) is 0 Å². The minimum absolute atomic E-state index is 0.0146. The third-order valence-electron chi connectivity index (χ3n) is 4.65. The summed E-state index contributed by atoms with van der Waals surface area (Å²) < 4.78 is 77.8. The lowest BCUT2D eigenvalue weighted by Gasteiger charge is -2.26. The third kappa shape index (κ3) is 3.56. The molecule has 1 aromatic rings. The predicted octanol–water partition coefficient (Wildman–Crippen LogP) is 4.09. The van der Waals surface area contributed by atoms with E-state index in [2.05, 4.69) is 4.74 Å². The first-order chi connectivity index (χ1) is 11.6. The average molecular weight is 382 g/mol. The highest BCUT2D eigenvalue weighted by atomic mass is 32.2. The van der Waals surface area contributed by atoms with Crippen molar-refractivity contribution in [2.24, 2.45) is 5.92 Å². The summed E-state index contributed by atoms with van der Waals surface area (Å²) in [6.45, 7) is 0. The first kappa shape index (κ1) is 18.3. The maximum Gasteiger partial charge on any atom is 0.499 e. The first-order valence-electron chi connectivity index (χ1n) is 7.75. The van der Waals surface area contributed by atoms with E-state index in [1.807, 2.05) is 0 Å². The second-order valence-electron chi connectivity index (χ2n) is 6.32. The minimum Gasteiger partial charge on any atom is -0.426 e. The maximum atomic E-state index is 12.9. The molecule has 25 heavy (non-hydrogen) atoms. The highest BCUT2D eigenvalue weighted by Crippen LogP contribution is 2.40. The molecule has 0 aliphatic carbocycles. The fraction of sp³-hybridized carbons (Fsp3) is 0.562. The SMILES string of the molecule is O=C(c1ccc(OC(F)(F)C(F)(F)F)cc1)C1CC2CCC(C1)S2=O. The van der Waals surface area contributed by atoms with Crippen LogP contribution in [0.25, 0.3) is 0 Å². The Morgan fingerprint density at radius 3 is 2.00 bits per heavy atom. The van der Waals surface area contributed by atoms with Gasteiger partial charge in [0.15, 0.2) is 5.78 Å². The maximum absolute atomic E-state index is 12.9. The van der Waals surface area contributed by atoms with Gasteiger partial charge in [0.2, 0.25) is 0 Å². The van der Waals surface area contributed by atoms with Crippen molar-refractivity contribution in [3.05, 3.63) is 29.8 Å². The Hall–Kier alpha value is -1.51. The summed E-state index contributed by atoms with van der Waals surface area (Å²) in [6, 6.07) is 4.19. The number of carbonyl (C=O) groups is 1. The van der Waals surface area contributed by atoms with Crippen LogP contribution in [0, 0.1) is 5.92 Å². The van der Waals surface area contributed by atoms with Crippen molar-refractivity contribution >= 4 is 16.6 Å². The van der Waals surface area contributed by atoms with Gasteiger partial charge >= 0.3 is 12.3 Å². The Kier molecular flexibility index (Phi) is 4.63. The van der Waals surface area contributed by atoms with Crippen molar-refractivity contribution < 1.29 is 35.7 Å². The van der Waals surface area contributed by atoms with Crippen LogP contribution in [-0.4, -0.2) is 32.8 Å². The summed E-state index contributed by atoms with van der Waals surface area (Å²) >= 11 is 0. The van der Waals surface area contributed by atoms with Gasteiger partial charge in [-0.1, -0.05) is 0 Å². The van der Waals surface area contributed by atoms with E-state index in [-0.39, 0.29) is 27.8 Å². The van der Waals surface area contributed by atoms with Crippen molar-refractivity contribution in [3.63, 3.8) is 0 Å². The molecule has 2 heterocycles. The van der Waals surface area contributed by atoms with Crippen molar-refractivity contribution in [1.82, 2.24) is 0 Å². The molecule has 9 heteroatoms. The highest BCUT2D eigenvalue weighted by molar-refractivity contribution is 7.86. The number of halogens is 5. The number of fused-ring (bicyclic) bond motifs is 2. The molecule has 2 aliphatic heterocycles. The van der Waals surface area contributed by atoms with Gasteiger partial charge in [-0.3, -0.25) is 9.00 Å². The second-order valence-corrected chi connectivity index (χ2v) is 8.31. The number of Topliss-reactive ketones (excluding diaryl/α,β-unsaturated/α-hetero) is 1. The molecule has 3 rings (SSSR count). The van der Waals surface area contributed by atoms with E-state index >= 15 is 0 Å². The van der Waals surface area contributed by atoms with Gasteiger partial charge in [-0.25, -0.2) is 0 Å². The van der Waals surface area contributed by atoms with Gasteiger partial charge in [-0.2, -0.15) is 22.0 Å². The normalized spacial score (nSPS) is 29.5. The van der Waals surface area contributed by atoms with E-state index in [9.17, 15) is 31.0 Å². The molecule has 3 nitrogen and oxygen atoms in total. The van der Waals surface area contributed by atoms with Crippen molar-refractivity contribution in [2.45, 2.75) is 48.5 Å². The zero-order chi connectivity index (χ0) is 18.4. The largest absolute Gasteiger partial charge is 0.499 e. The summed E-state index contributed by atoms with van der Waals surface area (Å²) in [6.07, 6.45) is -8.41. The van der Waals surface area contributed by atoms with Crippen molar-refractivity contribution in [3.8, 4) is 5.75 Å².